The molecule has 0 unspecified atom stereocenters. The number of ether oxygens (including phenoxy) is 6. The Hall–Kier alpha value is -5.48. The molecule has 0 radical (unpaired) electrons. The van der Waals surface area contributed by atoms with E-state index in [1.807, 2.05) is 36.4 Å². The van der Waals surface area contributed by atoms with E-state index in [0.29, 0.717) is 46.7 Å². The van der Waals surface area contributed by atoms with Crippen LogP contribution in [0.3, 0.4) is 0 Å². The molecule has 1 aliphatic heterocycles. The van der Waals surface area contributed by atoms with Crippen LogP contribution in [0.15, 0.2) is 91.0 Å². The molecule has 0 bridgehead atoms. The second-order valence-electron chi connectivity index (χ2n) is 13.0. The van der Waals surface area contributed by atoms with Crippen molar-refractivity contribution < 1.29 is 37.2 Å². The van der Waals surface area contributed by atoms with Crippen LogP contribution in [0.1, 0.15) is 24.0 Å². The Morgan fingerprint density at radius 2 is 1.04 bits per heavy atom. The molecule has 1 saturated heterocycles. The summed E-state index contributed by atoms with van der Waals surface area (Å²) in [7, 11) is 9.59. The molecule has 0 saturated carbocycles. The lowest BCUT2D eigenvalue weighted by Crippen LogP contribution is -2.44. The molecule has 1 fully saturated rings. The minimum atomic E-state index is -0.860. The van der Waals surface area contributed by atoms with Crippen LogP contribution in [0.4, 0.5) is 14.5 Å². The maximum absolute atomic E-state index is 14.7. The van der Waals surface area contributed by atoms with Crippen molar-refractivity contribution in [2.45, 2.75) is 32.0 Å². The second kappa shape index (κ2) is 16.9. The number of rotatable bonds is 14. The van der Waals surface area contributed by atoms with Crippen LogP contribution in [-0.2, 0) is 13.1 Å². The third kappa shape index (κ3) is 8.28. The average molecular weight is 725 g/mol. The highest BCUT2D eigenvalue weighted by Crippen LogP contribution is 2.43. The molecule has 5 aromatic carbocycles. The molecule has 8 nitrogen and oxygen atoms in total. The average Bonchev–Trinajstić information content (AvgIpc) is 3.20. The zero-order valence-electron chi connectivity index (χ0n) is 31.1. The van der Waals surface area contributed by atoms with Gasteiger partial charge < -0.3 is 33.3 Å². The van der Waals surface area contributed by atoms with Gasteiger partial charge >= 0.3 is 0 Å². The molecule has 0 aromatic heterocycles. The first-order chi connectivity index (χ1) is 25.8. The largest absolute Gasteiger partial charge is 0.493 e. The number of hydrogen-bond acceptors (Lipinski definition) is 8. The molecule has 53 heavy (non-hydrogen) atoms. The molecule has 0 spiro atoms. The molecular weight excluding hydrogens is 678 g/mol. The van der Waals surface area contributed by atoms with Gasteiger partial charge in [0.15, 0.2) is 34.6 Å². The predicted molar refractivity (Wildman–Crippen MR) is 204 cm³/mol. The molecule has 0 amide bonds. The van der Waals surface area contributed by atoms with Gasteiger partial charge in [0, 0.05) is 44.0 Å². The molecule has 1 heterocycles. The summed E-state index contributed by atoms with van der Waals surface area (Å²) in [5.41, 5.74) is 6.77. The maximum atomic E-state index is 14.7. The molecule has 0 N–H and O–H groups in total. The van der Waals surface area contributed by atoms with Gasteiger partial charge in [0.1, 0.15) is 0 Å². The highest BCUT2D eigenvalue weighted by atomic mass is 19.2. The van der Waals surface area contributed by atoms with Crippen LogP contribution in [0.5, 0.6) is 34.5 Å². The molecule has 0 aliphatic carbocycles. The van der Waals surface area contributed by atoms with Crippen LogP contribution < -0.4 is 33.3 Å². The minimum Gasteiger partial charge on any atom is -0.493 e. The van der Waals surface area contributed by atoms with Gasteiger partial charge in [-0.15, -0.1) is 0 Å². The lowest BCUT2D eigenvalue weighted by molar-refractivity contribution is 0.201. The molecule has 5 aromatic rings. The van der Waals surface area contributed by atoms with E-state index in [0.717, 1.165) is 60.3 Å². The van der Waals surface area contributed by atoms with Crippen LogP contribution in [0, 0.1) is 11.6 Å². The number of hydrogen-bond donors (Lipinski definition) is 0. The first-order valence-electron chi connectivity index (χ1n) is 17.5. The molecule has 0 atom stereocenters. The Balaban J connectivity index is 1.20. The molecular formula is C43H46F2N2O6. The summed E-state index contributed by atoms with van der Waals surface area (Å²) in [5.74, 6) is 1.70. The lowest BCUT2D eigenvalue weighted by Gasteiger charge is -2.40. The quantitative estimate of drug-likeness (QED) is 0.113. The zero-order valence-corrected chi connectivity index (χ0v) is 31.1. The Bertz CT molecular complexity index is 1980. The van der Waals surface area contributed by atoms with E-state index in [1.54, 1.807) is 48.7 Å². The van der Waals surface area contributed by atoms with Crippen LogP contribution in [0.25, 0.3) is 22.3 Å². The molecule has 10 heteroatoms. The Morgan fingerprint density at radius 1 is 0.547 bits per heavy atom. The van der Waals surface area contributed by atoms with E-state index < -0.39 is 11.6 Å². The van der Waals surface area contributed by atoms with E-state index >= 15 is 0 Å². The van der Waals surface area contributed by atoms with Gasteiger partial charge in [-0.2, -0.15) is 0 Å². The van der Waals surface area contributed by atoms with Gasteiger partial charge in [-0.05, 0) is 94.8 Å². The van der Waals surface area contributed by atoms with Gasteiger partial charge in [-0.3, -0.25) is 4.90 Å². The fourth-order valence-electron chi connectivity index (χ4n) is 7.13. The minimum absolute atomic E-state index is 0.117. The molecule has 278 valence electrons. The number of anilines is 1. The van der Waals surface area contributed by atoms with Gasteiger partial charge in [0.05, 0.1) is 42.7 Å². The summed E-state index contributed by atoms with van der Waals surface area (Å²) >= 11 is 0. The van der Waals surface area contributed by atoms with Gasteiger partial charge in [-0.25, -0.2) is 8.78 Å². The smallest absolute Gasteiger partial charge is 0.203 e. The maximum Gasteiger partial charge on any atom is 0.203 e. The lowest BCUT2D eigenvalue weighted by atomic mass is 9.98. The first-order valence-corrected chi connectivity index (χ1v) is 17.5. The number of piperidine rings is 1. The predicted octanol–water partition coefficient (Wildman–Crippen LogP) is 9.02. The van der Waals surface area contributed by atoms with Crippen molar-refractivity contribution in [2.24, 2.45) is 0 Å². The van der Waals surface area contributed by atoms with Gasteiger partial charge in [0.25, 0.3) is 0 Å². The highest BCUT2D eigenvalue weighted by Gasteiger charge is 2.26. The second-order valence-corrected chi connectivity index (χ2v) is 13.0. The third-order valence-electron chi connectivity index (χ3n) is 9.84. The van der Waals surface area contributed by atoms with Gasteiger partial charge in [0.2, 0.25) is 11.5 Å². The monoisotopic (exact) mass is 724 g/mol. The normalized spacial score (nSPS) is 13.4. The van der Waals surface area contributed by atoms with E-state index in [9.17, 15) is 8.78 Å². The Morgan fingerprint density at radius 3 is 1.51 bits per heavy atom. The number of benzene rings is 5. The van der Waals surface area contributed by atoms with E-state index in [-0.39, 0.29) is 6.04 Å². The zero-order chi connectivity index (χ0) is 37.5. The van der Waals surface area contributed by atoms with Crippen molar-refractivity contribution in [1.29, 1.82) is 0 Å². The van der Waals surface area contributed by atoms with Crippen molar-refractivity contribution in [3.8, 4) is 56.8 Å². The Labute approximate surface area is 310 Å². The highest BCUT2D eigenvalue weighted by molar-refractivity contribution is 5.73. The fourth-order valence-corrected chi connectivity index (χ4v) is 7.13. The third-order valence-corrected chi connectivity index (χ3v) is 9.84. The van der Waals surface area contributed by atoms with Crippen LogP contribution in [-0.4, -0.2) is 66.7 Å². The summed E-state index contributed by atoms with van der Waals surface area (Å²) in [6.07, 6.45) is 1.72. The first kappa shape index (κ1) is 37.3. The number of methoxy groups -OCH3 is 6. The van der Waals surface area contributed by atoms with Crippen LogP contribution >= 0.6 is 0 Å². The van der Waals surface area contributed by atoms with E-state index in [2.05, 4.69) is 46.2 Å². The Kier molecular flexibility index (Phi) is 11.9. The SMILES string of the molecule is COc1cc(-c2cccc(CN3CCC(N(Cc4cccc(-c5cc(OC)c(OC)c(OC)c5)c4)c4ccc(F)c(F)c4)CC3)c2)cc(OC)c1OC. The van der Waals surface area contributed by atoms with Crippen molar-refractivity contribution in [2.75, 3.05) is 60.6 Å². The van der Waals surface area contributed by atoms with Crippen molar-refractivity contribution in [3.63, 3.8) is 0 Å². The molecule has 6 rings (SSSR count). The van der Waals surface area contributed by atoms with E-state index in [4.69, 9.17) is 28.4 Å². The number of nitrogens with zero attached hydrogens (tertiary/aromatic N) is 2. The van der Waals surface area contributed by atoms with Crippen LogP contribution in [0.2, 0.25) is 0 Å². The molecule has 1 aliphatic rings. The fraction of sp³-hybridized carbons (Fsp3) is 0.302. The summed E-state index contributed by atoms with van der Waals surface area (Å²) in [6.45, 7) is 3.01. The van der Waals surface area contributed by atoms with Gasteiger partial charge in [-0.1, -0.05) is 36.4 Å². The van der Waals surface area contributed by atoms with Crippen molar-refractivity contribution in [3.05, 3.63) is 114 Å². The summed E-state index contributed by atoms with van der Waals surface area (Å²) < 4.78 is 62.1. The summed E-state index contributed by atoms with van der Waals surface area (Å²) in [5, 5.41) is 0. The van der Waals surface area contributed by atoms with Crippen molar-refractivity contribution >= 4 is 5.69 Å². The van der Waals surface area contributed by atoms with E-state index in [1.165, 1.54) is 17.7 Å². The summed E-state index contributed by atoms with van der Waals surface area (Å²) in [6, 6.07) is 28.7. The standard InChI is InChI=1S/C43H46F2N2O6/c1-48-38-21-32(22-39(49-2)42(38)52-5)30-11-7-9-28(19-30)26-46-17-15-34(16-18-46)47(35-13-14-36(44)37(45)25-35)27-29-10-8-12-31(20-29)33-23-40(50-3)43(53-6)41(24-33)51-4/h7-14,19-25,34H,15-18,26-27H2,1-6H3. The topological polar surface area (TPSA) is 61.9 Å². The number of likely N-dealkylation sites (tertiary alicyclic amines) is 1. The van der Waals surface area contributed by atoms with Crippen molar-refractivity contribution in [1.82, 2.24) is 4.90 Å². The summed E-state index contributed by atoms with van der Waals surface area (Å²) in [4.78, 5) is 4.65. The number of halogens is 2.